The maximum atomic E-state index is 2.33. The molecule has 0 aliphatic heterocycles. The van der Waals surface area contributed by atoms with Crippen LogP contribution < -0.4 is 0 Å². The fourth-order valence-corrected chi connectivity index (χ4v) is 2.93. The molecule has 0 fully saturated rings. The second-order valence-corrected chi connectivity index (χ2v) is 7.73. The molecule has 0 aliphatic carbocycles. The third-order valence-corrected chi connectivity index (χ3v) is 4.58. The molecule has 134 valence electrons. The molecular weight excluding hydrogens is 283 g/mol. The van der Waals surface area contributed by atoms with Crippen LogP contribution in [-0.2, 0) is 0 Å². The van der Waals surface area contributed by atoms with Crippen molar-refractivity contribution in [2.45, 2.75) is 103 Å². The van der Waals surface area contributed by atoms with Gasteiger partial charge in [-0.3, -0.25) is 0 Å². The fraction of sp³-hybridized carbons (Fsp3) is 0.739. The normalized spacial score (nSPS) is 10.6. The molecule has 1 heteroatoms. The van der Waals surface area contributed by atoms with Gasteiger partial charge in [-0.05, 0) is 12.8 Å². The van der Waals surface area contributed by atoms with Crippen molar-refractivity contribution >= 4 is 17.7 Å². The smallest absolute Gasteiger partial charge is 0.0628 e. The summed E-state index contributed by atoms with van der Waals surface area (Å²) >= 11 is 2.29. The summed E-state index contributed by atoms with van der Waals surface area (Å²) in [7, 11) is 0. The van der Waals surface area contributed by atoms with Crippen molar-refractivity contribution < 1.29 is 0 Å². The number of hydrogen-bond donors (Lipinski definition) is 0. The van der Waals surface area contributed by atoms with Crippen molar-refractivity contribution in [3.8, 4) is 0 Å². The summed E-state index contributed by atoms with van der Waals surface area (Å²) in [6.07, 6.45) is 17.6. The Morgan fingerprint density at radius 3 is 1.42 bits per heavy atom. The molecule has 0 nitrogen and oxygen atoms in total. The predicted octanol–water partition coefficient (Wildman–Crippen LogP) is 7.91. The van der Waals surface area contributed by atoms with E-state index in [0.717, 1.165) is 5.92 Å². The predicted molar refractivity (Wildman–Crippen MR) is 112 cm³/mol. The summed E-state index contributed by atoms with van der Waals surface area (Å²) in [5.41, 5.74) is 1.32. The van der Waals surface area contributed by atoms with Crippen LogP contribution in [0.15, 0.2) is 30.3 Å². The monoisotopic (exact) mass is 324 g/mol. The fourth-order valence-electron chi connectivity index (χ4n) is 2.93. The quantitative estimate of drug-likeness (QED) is 0.255. The van der Waals surface area contributed by atoms with Gasteiger partial charge in [0, 0.05) is 0 Å². The first-order chi connectivity index (χ1) is 11.7. The number of unbranched alkanes of at least 4 members (excludes halogenated alkanes) is 10. The molecule has 0 unspecified atom stereocenters. The second-order valence-electron chi connectivity index (χ2n) is 7.73. The molecule has 0 amide bonds. The molecule has 1 aromatic carbocycles. The van der Waals surface area contributed by atoms with E-state index in [1.165, 1.54) is 87.7 Å². The molecule has 0 radical (unpaired) electrons. The zero-order valence-corrected chi connectivity index (χ0v) is 17.2. The van der Waals surface area contributed by atoms with Gasteiger partial charge in [-0.2, -0.15) is 0 Å². The van der Waals surface area contributed by atoms with Crippen LogP contribution in [0.1, 0.15) is 96.5 Å². The van der Waals surface area contributed by atoms with Crippen LogP contribution in [0.2, 0.25) is 5.09 Å². The Kier molecular flexibility index (Phi) is 19.0. The minimum Gasteiger partial charge on any atom is -0.0628 e. The third kappa shape index (κ3) is 19.9. The van der Waals surface area contributed by atoms with Crippen molar-refractivity contribution in [3.05, 3.63) is 35.9 Å². The van der Waals surface area contributed by atoms with Crippen LogP contribution in [0.4, 0.5) is 0 Å². The average Bonchev–Trinajstić information content (AvgIpc) is 2.57. The molecular formula is C23H41Li. The number of aryl methyl sites for hydroxylation is 1. The van der Waals surface area contributed by atoms with Gasteiger partial charge in [0.05, 0.1) is 0 Å². The number of benzene rings is 1. The van der Waals surface area contributed by atoms with E-state index in [9.17, 15) is 0 Å². The molecule has 0 spiro atoms. The van der Waals surface area contributed by atoms with Crippen LogP contribution in [0.5, 0.6) is 0 Å². The summed E-state index contributed by atoms with van der Waals surface area (Å²) in [6, 6.07) is 10.3. The van der Waals surface area contributed by atoms with Gasteiger partial charge >= 0.3 is 93.4 Å². The molecule has 24 heavy (non-hydrogen) atoms. The van der Waals surface area contributed by atoms with Gasteiger partial charge in [-0.25, -0.2) is 0 Å². The van der Waals surface area contributed by atoms with Gasteiger partial charge in [0.15, 0.2) is 0 Å². The molecule has 0 saturated heterocycles. The average molecular weight is 325 g/mol. The zero-order chi connectivity index (χ0) is 17.9. The van der Waals surface area contributed by atoms with E-state index < -0.39 is 0 Å². The summed E-state index contributed by atoms with van der Waals surface area (Å²) in [5, 5.41) is 1.37. The van der Waals surface area contributed by atoms with Crippen molar-refractivity contribution in [1.29, 1.82) is 0 Å². The van der Waals surface area contributed by atoms with E-state index in [1.807, 2.05) is 18.2 Å². The minimum atomic E-state index is 0.901. The Morgan fingerprint density at radius 2 is 1.08 bits per heavy atom. The van der Waals surface area contributed by atoms with Crippen LogP contribution >= 0.6 is 0 Å². The summed E-state index contributed by atoms with van der Waals surface area (Å²) in [5.74, 6) is 0.901. The van der Waals surface area contributed by atoms with Crippen molar-refractivity contribution in [2.24, 2.45) is 5.92 Å². The first kappa shape index (κ1) is 23.8. The number of hydrogen-bond acceptors (Lipinski definition) is 0. The van der Waals surface area contributed by atoms with Gasteiger partial charge < -0.3 is 0 Å². The zero-order valence-electron chi connectivity index (χ0n) is 17.2. The number of rotatable bonds is 13. The molecule has 0 heterocycles. The maximum absolute atomic E-state index is 2.33. The van der Waals surface area contributed by atoms with E-state index in [4.69, 9.17) is 0 Å². The Labute approximate surface area is 162 Å². The van der Waals surface area contributed by atoms with Crippen molar-refractivity contribution in [1.82, 2.24) is 0 Å². The van der Waals surface area contributed by atoms with E-state index in [-0.39, 0.29) is 0 Å². The van der Waals surface area contributed by atoms with Crippen molar-refractivity contribution in [2.75, 3.05) is 0 Å². The van der Waals surface area contributed by atoms with Gasteiger partial charge in [-0.15, -0.1) is 0 Å². The van der Waals surface area contributed by atoms with E-state index >= 15 is 0 Å². The Balaban J connectivity index is 0.000000620. The standard InChI is InChI=1S/C16H33.C7H8.Li/c1-4-5-6-7-8-9-10-11-12-13-14-15-16(2)3;1-7-5-3-2-4-6-7;/h16H,1,4-15H2,2-3H3;2-6H,1H3;. The van der Waals surface area contributed by atoms with E-state index in [0.29, 0.717) is 0 Å². The van der Waals surface area contributed by atoms with Crippen molar-refractivity contribution in [3.63, 3.8) is 0 Å². The molecule has 0 aliphatic rings. The Hall–Kier alpha value is -0.183. The SMILES string of the molecule is Cc1ccccc1.[Li][CH2]CCCCCCCCCCCCC(C)C. The Bertz CT molecular complexity index is 331. The van der Waals surface area contributed by atoms with Gasteiger partial charge in [0.2, 0.25) is 0 Å². The summed E-state index contributed by atoms with van der Waals surface area (Å²) in [4.78, 5) is 0. The van der Waals surface area contributed by atoms with Crippen LogP contribution in [0, 0.1) is 12.8 Å². The molecule has 1 aromatic rings. The molecule has 1 rings (SSSR count). The van der Waals surface area contributed by atoms with Crippen LogP contribution in [-0.4, -0.2) is 17.7 Å². The van der Waals surface area contributed by atoms with Crippen LogP contribution in [0.25, 0.3) is 0 Å². The van der Waals surface area contributed by atoms with Gasteiger partial charge in [-0.1, -0.05) is 56.2 Å². The van der Waals surface area contributed by atoms with E-state index in [1.54, 1.807) is 0 Å². The molecule has 0 atom stereocenters. The Morgan fingerprint density at radius 1 is 0.667 bits per heavy atom. The molecule has 0 N–H and O–H groups in total. The second kappa shape index (κ2) is 19.1. The first-order valence-electron chi connectivity index (χ1n) is 10.7. The summed E-state index contributed by atoms with van der Waals surface area (Å²) in [6.45, 7) is 6.75. The van der Waals surface area contributed by atoms with E-state index in [2.05, 4.69) is 50.6 Å². The first-order valence-corrected chi connectivity index (χ1v) is 10.7. The third-order valence-electron chi connectivity index (χ3n) is 4.58. The topological polar surface area (TPSA) is 0 Å². The summed E-state index contributed by atoms with van der Waals surface area (Å²) < 4.78 is 0. The van der Waals surface area contributed by atoms with Gasteiger partial charge in [0.25, 0.3) is 0 Å². The molecule has 0 bridgehead atoms. The molecule has 0 aromatic heterocycles. The molecule has 0 saturated carbocycles. The van der Waals surface area contributed by atoms with Gasteiger partial charge in [0.1, 0.15) is 0 Å². The minimum absolute atomic E-state index is 0.901. The van der Waals surface area contributed by atoms with Crippen LogP contribution in [0.3, 0.4) is 0 Å².